The summed E-state index contributed by atoms with van der Waals surface area (Å²) < 4.78 is 12.2. The van der Waals surface area contributed by atoms with Gasteiger partial charge in [-0.25, -0.2) is 0 Å². The molecule has 1 saturated heterocycles. The Morgan fingerprint density at radius 3 is 2.42 bits per heavy atom. The highest BCUT2D eigenvalue weighted by molar-refractivity contribution is 5.90. The van der Waals surface area contributed by atoms with Gasteiger partial charge >= 0.3 is 0 Å². The molecule has 1 amide bonds. The third-order valence-electron chi connectivity index (χ3n) is 4.64. The van der Waals surface area contributed by atoms with E-state index in [1.165, 1.54) is 4.57 Å². The van der Waals surface area contributed by atoms with E-state index in [0.717, 1.165) is 25.9 Å². The van der Waals surface area contributed by atoms with Crippen molar-refractivity contribution < 1.29 is 14.3 Å². The number of carbonyl (C=O) groups excluding carboxylic acids is 1. The van der Waals surface area contributed by atoms with Gasteiger partial charge < -0.3 is 18.9 Å². The summed E-state index contributed by atoms with van der Waals surface area (Å²) in [6.45, 7) is 3.32. The lowest BCUT2D eigenvalue weighted by Gasteiger charge is -2.22. The number of methoxy groups -OCH3 is 2. The van der Waals surface area contributed by atoms with E-state index in [-0.39, 0.29) is 11.5 Å². The lowest BCUT2D eigenvalue weighted by molar-refractivity contribution is -0.133. The average molecular weight is 330 g/mol. The number of carbonyl (C=O) groups is 1. The van der Waals surface area contributed by atoms with E-state index in [4.69, 9.17) is 9.47 Å². The van der Waals surface area contributed by atoms with Crippen LogP contribution in [0.15, 0.2) is 29.2 Å². The van der Waals surface area contributed by atoms with Crippen molar-refractivity contribution >= 4 is 16.7 Å². The van der Waals surface area contributed by atoms with Crippen LogP contribution in [0.25, 0.3) is 10.8 Å². The molecule has 1 fully saturated rings. The van der Waals surface area contributed by atoms with Crippen molar-refractivity contribution in [1.82, 2.24) is 9.47 Å². The topological polar surface area (TPSA) is 60.8 Å². The number of ether oxygens (including phenoxy) is 2. The zero-order chi connectivity index (χ0) is 17.3. The maximum atomic E-state index is 12.9. The van der Waals surface area contributed by atoms with Crippen LogP contribution in [0.1, 0.15) is 25.8 Å². The van der Waals surface area contributed by atoms with Crippen LogP contribution in [-0.4, -0.2) is 42.7 Å². The van der Waals surface area contributed by atoms with E-state index in [9.17, 15) is 9.59 Å². The van der Waals surface area contributed by atoms with Crippen LogP contribution in [0.4, 0.5) is 0 Å². The van der Waals surface area contributed by atoms with E-state index in [2.05, 4.69) is 0 Å². The summed E-state index contributed by atoms with van der Waals surface area (Å²) in [6, 6.07) is 4.70. The van der Waals surface area contributed by atoms with Crippen molar-refractivity contribution in [1.29, 1.82) is 0 Å². The molecular weight excluding hydrogens is 308 g/mol. The summed E-state index contributed by atoms with van der Waals surface area (Å²) in [4.78, 5) is 27.3. The van der Waals surface area contributed by atoms with E-state index >= 15 is 0 Å². The Morgan fingerprint density at radius 1 is 1.08 bits per heavy atom. The van der Waals surface area contributed by atoms with Gasteiger partial charge in [0.1, 0.15) is 6.04 Å². The number of likely N-dealkylation sites (tertiary alicyclic amines) is 1. The van der Waals surface area contributed by atoms with E-state index in [1.54, 1.807) is 45.5 Å². The van der Waals surface area contributed by atoms with Crippen LogP contribution >= 0.6 is 0 Å². The molecule has 0 bridgehead atoms. The molecule has 24 heavy (non-hydrogen) atoms. The number of fused-ring (bicyclic) bond motifs is 1. The van der Waals surface area contributed by atoms with E-state index in [0.29, 0.717) is 22.3 Å². The number of rotatable bonds is 4. The Balaban J connectivity index is 2.06. The average Bonchev–Trinajstić information content (AvgIpc) is 3.14. The first-order valence-electron chi connectivity index (χ1n) is 8.13. The van der Waals surface area contributed by atoms with Gasteiger partial charge in [0, 0.05) is 24.7 Å². The normalized spacial score (nSPS) is 15.5. The first-order valence-corrected chi connectivity index (χ1v) is 8.13. The minimum atomic E-state index is -0.520. The fourth-order valence-electron chi connectivity index (χ4n) is 3.29. The molecule has 3 rings (SSSR count). The minimum Gasteiger partial charge on any atom is -0.493 e. The molecule has 6 nitrogen and oxygen atoms in total. The highest BCUT2D eigenvalue weighted by atomic mass is 16.5. The SMILES string of the molecule is COc1ccc2c(=O)n([C@@H](C)C(=O)N3CCCC3)ccc2c1OC. The fourth-order valence-corrected chi connectivity index (χ4v) is 3.29. The molecule has 128 valence electrons. The molecule has 0 aliphatic carbocycles. The Kier molecular flexibility index (Phi) is 4.46. The van der Waals surface area contributed by atoms with Crippen LogP contribution in [0.2, 0.25) is 0 Å². The number of aromatic nitrogens is 1. The van der Waals surface area contributed by atoms with Crippen molar-refractivity contribution in [3.63, 3.8) is 0 Å². The summed E-state index contributed by atoms with van der Waals surface area (Å²) in [7, 11) is 3.10. The Labute approximate surface area is 140 Å². The smallest absolute Gasteiger partial charge is 0.259 e. The standard InChI is InChI=1S/C18H22N2O4/c1-12(17(21)19-9-4-5-10-19)20-11-8-13-14(18(20)22)6-7-15(23-2)16(13)24-3/h6-8,11-12H,4-5,9-10H2,1-3H3/t12-/m0/s1. The monoisotopic (exact) mass is 330 g/mol. The largest absolute Gasteiger partial charge is 0.493 e. The molecule has 1 aliphatic rings. The lowest BCUT2D eigenvalue weighted by Crippen LogP contribution is -2.37. The second kappa shape index (κ2) is 6.55. The fraction of sp³-hybridized carbons (Fsp3) is 0.444. The van der Waals surface area contributed by atoms with Crippen LogP contribution in [0.5, 0.6) is 11.5 Å². The molecule has 1 aromatic carbocycles. The predicted octanol–water partition coefficient (Wildman–Crippen LogP) is 2.20. The number of pyridine rings is 1. The molecule has 1 atom stereocenters. The van der Waals surface area contributed by atoms with Gasteiger partial charge in [-0.1, -0.05) is 0 Å². The first-order chi connectivity index (χ1) is 11.6. The van der Waals surface area contributed by atoms with E-state index < -0.39 is 6.04 Å². The number of benzene rings is 1. The molecule has 6 heteroatoms. The van der Waals surface area contributed by atoms with Crippen molar-refractivity contribution in [2.75, 3.05) is 27.3 Å². The Morgan fingerprint density at radius 2 is 1.79 bits per heavy atom. The molecule has 0 radical (unpaired) electrons. The molecule has 0 unspecified atom stereocenters. The van der Waals surface area contributed by atoms with Crippen LogP contribution < -0.4 is 15.0 Å². The molecule has 0 N–H and O–H groups in total. The van der Waals surface area contributed by atoms with E-state index in [1.807, 2.05) is 4.90 Å². The Bertz CT molecular complexity index is 822. The lowest BCUT2D eigenvalue weighted by atomic mass is 10.1. The maximum absolute atomic E-state index is 12.9. The van der Waals surface area contributed by atoms with Gasteiger partial charge in [0.15, 0.2) is 11.5 Å². The number of nitrogens with zero attached hydrogens (tertiary/aromatic N) is 2. The number of amides is 1. The van der Waals surface area contributed by atoms with Gasteiger partial charge in [-0.2, -0.15) is 0 Å². The zero-order valence-electron chi connectivity index (χ0n) is 14.2. The highest BCUT2D eigenvalue weighted by Crippen LogP contribution is 2.34. The molecule has 2 aromatic rings. The van der Waals surface area contributed by atoms with Gasteiger partial charge in [-0.05, 0) is 38.0 Å². The molecule has 0 saturated carbocycles. The molecular formula is C18H22N2O4. The third-order valence-corrected chi connectivity index (χ3v) is 4.64. The summed E-state index contributed by atoms with van der Waals surface area (Å²) in [6.07, 6.45) is 3.72. The zero-order valence-corrected chi connectivity index (χ0v) is 14.2. The second-order valence-electron chi connectivity index (χ2n) is 6.00. The first kappa shape index (κ1) is 16.4. The summed E-state index contributed by atoms with van der Waals surface area (Å²) in [5.41, 5.74) is -0.200. The summed E-state index contributed by atoms with van der Waals surface area (Å²) in [5.74, 6) is 1.09. The van der Waals surface area contributed by atoms with Gasteiger partial charge in [0.05, 0.1) is 19.6 Å². The molecule has 1 aliphatic heterocycles. The molecule has 0 spiro atoms. The Hall–Kier alpha value is -2.50. The van der Waals surface area contributed by atoms with Crippen LogP contribution in [-0.2, 0) is 4.79 Å². The van der Waals surface area contributed by atoms with Crippen molar-refractivity contribution in [3.05, 3.63) is 34.7 Å². The van der Waals surface area contributed by atoms with Gasteiger partial charge in [-0.3, -0.25) is 9.59 Å². The summed E-state index contributed by atoms with van der Waals surface area (Å²) >= 11 is 0. The van der Waals surface area contributed by atoms with Gasteiger partial charge in [-0.15, -0.1) is 0 Å². The van der Waals surface area contributed by atoms with Crippen molar-refractivity contribution in [3.8, 4) is 11.5 Å². The minimum absolute atomic E-state index is 0.00516. The maximum Gasteiger partial charge on any atom is 0.259 e. The second-order valence-corrected chi connectivity index (χ2v) is 6.00. The molecule has 1 aromatic heterocycles. The van der Waals surface area contributed by atoms with Crippen molar-refractivity contribution in [2.45, 2.75) is 25.8 Å². The molecule has 2 heterocycles. The highest BCUT2D eigenvalue weighted by Gasteiger charge is 2.25. The quantitative estimate of drug-likeness (QED) is 0.862. The predicted molar refractivity (Wildman–Crippen MR) is 91.8 cm³/mol. The van der Waals surface area contributed by atoms with Gasteiger partial charge in [0.2, 0.25) is 5.91 Å². The van der Waals surface area contributed by atoms with Crippen LogP contribution in [0, 0.1) is 0 Å². The van der Waals surface area contributed by atoms with Crippen molar-refractivity contribution in [2.24, 2.45) is 0 Å². The van der Waals surface area contributed by atoms with Crippen LogP contribution in [0.3, 0.4) is 0 Å². The summed E-state index contributed by atoms with van der Waals surface area (Å²) in [5, 5.41) is 1.19. The third kappa shape index (κ3) is 2.62. The number of hydrogen-bond donors (Lipinski definition) is 0. The van der Waals surface area contributed by atoms with Gasteiger partial charge in [0.25, 0.3) is 5.56 Å². The number of hydrogen-bond acceptors (Lipinski definition) is 4.